The van der Waals surface area contributed by atoms with E-state index in [2.05, 4.69) is 19.2 Å². The molecule has 0 aliphatic heterocycles. The Balaban J connectivity index is 0. The maximum absolute atomic E-state index is 5.71. The van der Waals surface area contributed by atoms with Gasteiger partial charge < -0.3 is 11.1 Å². The molecular weight excluding hydrogens is 207 g/mol. The summed E-state index contributed by atoms with van der Waals surface area (Å²) in [5, 5.41) is 3.25. The smallest absolute Gasteiger partial charge is 0.0575 e. The lowest BCUT2D eigenvalue weighted by molar-refractivity contribution is 0.900. The maximum Gasteiger partial charge on any atom is 0.0575 e. The molecule has 76 valence electrons. The summed E-state index contributed by atoms with van der Waals surface area (Å²) in [5.41, 5.74) is 7.53. The third-order valence-electron chi connectivity index (χ3n) is 1.40. The lowest BCUT2D eigenvalue weighted by Crippen LogP contribution is -2.10. The normalized spacial score (nSPS) is 8.54. The van der Waals surface area contributed by atoms with Crippen molar-refractivity contribution in [3.63, 3.8) is 0 Å². The number of anilines is 2. The summed E-state index contributed by atoms with van der Waals surface area (Å²) in [7, 11) is 0. The predicted octanol–water partition coefficient (Wildman–Crippen LogP) is 2.93. The summed E-state index contributed by atoms with van der Waals surface area (Å²) < 4.78 is 0. The Morgan fingerprint density at radius 3 is 2.15 bits per heavy atom. The van der Waals surface area contributed by atoms with Gasteiger partial charge in [-0.3, -0.25) is 0 Å². The van der Waals surface area contributed by atoms with Crippen LogP contribution in [0.4, 0.5) is 11.4 Å². The van der Waals surface area contributed by atoms with Crippen molar-refractivity contribution in [2.45, 2.75) is 19.9 Å². The minimum Gasteiger partial charge on any atom is -0.397 e. The van der Waals surface area contributed by atoms with Crippen LogP contribution in [0.5, 0.6) is 0 Å². The fraction of sp³-hybridized carbons (Fsp3) is 0.333. The highest BCUT2D eigenvalue weighted by molar-refractivity contribution is 5.85. The summed E-state index contributed by atoms with van der Waals surface area (Å²) in [4.78, 5) is 0. The molecular formula is C9H16Cl2N2. The molecule has 0 bridgehead atoms. The van der Waals surface area contributed by atoms with E-state index in [1.807, 2.05) is 24.3 Å². The largest absolute Gasteiger partial charge is 0.397 e. The van der Waals surface area contributed by atoms with Crippen molar-refractivity contribution in [2.24, 2.45) is 0 Å². The first-order valence-corrected chi connectivity index (χ1v) is 3.81. The number of nitrogens with one attached hydrogen (secondary N) is 1. The standard InChI is InChI=1S/C9H14N2.2ClH/c1-7(2)11-9-6-4-3-5-8(9)10;;/h3-7,11H,10H2,1-2H3;2*1H. The molecule has 0 unspecified atom stereocenters. The first-order chi connectivity index (χ1) is 5.20. The fourth-order valence-electron chi connectivity index (χ4n) is 0.939. The number of benzene rings is 1. The van der Waals surface area contributed by atoms with Gasteiger partial charge in [0.05, 0.1) is 11.4 Å². The van der Waals surface area contributed by atoms with E-state index in [1.165, 1.54) is 0 Å². The average Bonchev–Trinajstić information content (AvgIpc) is 1.93. The highest BCUT2D eigenvalue weighted by Gasteiger charge is 1.96. The van der Waals surface area contributed by atoms with Crippen LogP contribution in [0.15, 0.2) is 24.3 Å². The summed E-state index contributed by atoms with van der Waals surface area (Å²) in [5.74, 6) is 0. The zero-order chi connectivity index (χ0) is 8.27. The summed E-state index contributed by atoms with van der Waals surface area (Å²) >= 11 is 0. The summed E-state index contributed by atoms with van der Waals surface area (Å²) in [6, 6.07) is 8.21. The van der Waals surface area contributed by atoms with Gasteiger partial charge in [0.2, 0.25) is 0 Å². The topological polar surface area (TPSA) is 38.0 Å². The monoisotopic (exact) mass is 222 g/mol. The van der Waals surface area contributed by atoms with Crippen molar-refractivity contribution in [3.8, 4) is 0 Å². The first kappa shape index (κ1) is 14.9. The second-order valence-electron chi connectivity index (χ2n) is 2.89. The summed E-state index contributed by atoms with van der Waals surface area (Å²) in [6.07, 6.45) is 0. The van der Waals surface area contributed by atoms with Gasteiger partial charge >= 0.3 is 0 Å². The minimum atomic E-state index is 0. The zero-order valence-electron chi connectivity index (χ0n) is 7.78. The number of nitrogen functional groups attached to an aromatic ring is 1. The Morgan fingerprint density at radius 2 is 1.69 bits per heavy atom. The number of para-hydroxylation sites is 2. The molecule has 0 radical (unpaired) electrons. The van der Waals surface area contributed by atoms with Crippen LogP contribution in [-0.4, -0.2) is 6.04 Å². The molecule has 0 atom stereocenters. The van der Waals surface area contributed by atoms with Gasteiger partial charge in [0.25, 0.3) is 0 Å². The molecule has 0 aromatic heterocycles. The van der Waals surface area contributed by atoms with Crippen LogP contribution in [0.3, 0.4) is 0 Å². The molecule has 0 spiro atoms. The molecule has 2 nitrogen and oxygen atoms in total. The van der Waals surface area contributed by atoms with E-state index in [-0.39, 0.29) is 24.8 Å². The minimum absolute atomic E-state index is 0. The van der Waals surface area contributed by atoms with E-state index in [4.69, 9.17) is 5.73 Å². The lowest BCUT2D eigenvalue weighted by Gasteiger charge is -2.11. The molecule has 1 aromatic carbocycles. The van der Waals surface area contributed by atoms with Crippen LogP contribution in [0.1, 0.15) is 13.8 Å². The molecule has 0 fully saturated rings. The Bertz CT molecular complexity index is 239. The van der Waals surface area contributed by atoms with Crippen LogP contribution in [0, 0.1) is 0 Å². The van der Waals surface area contributed by atoms with E-state index in [0.29, 0.717) is 6.04 Å². The molecule has 0 amide bonds. The highest BCUT2D eigenvalue weighted by atomic mass is 35.5. The second kappa shape index (κ2) is 6.87. The maximum atomic E-state index is 5.71. The van der Waals surface area contributed by atoms with Crippen molar-refractivity contribution >= 4 is 36.2 Å². The van der Waals surface area contributed by atoms with Crippen molar-refractivity contribution in [1.82, 2.24) is 0 Å². The van der Waals surface area contributed by atoms with Crippen molar-refractivity contribution in [1.29, 1.82) is 0 Å². The molecule has 0 aliphatic rings. The fourth-order valence-corrected chi connectivity index (χ4v) is 0.939. The third-order valence-corrected chi connectivity index (χ3v) is 1.40. The van der Waals surface area contributed by atoms with E-state index < -0.39 is 0 Å². The van der Waals surface area contributed by atoms with Gasteiger partial charge in [-0.1, -0.05) is 12.1 Å². The Kier molecular flexibility index (Phi) is 7.87. The molecule has 4 heteroatoms. The zero-order valence-corrected chi connectivity index (χ0v) is 9.41. The third kappa shape index (κ3) is 4.86. The highest BCUT2D eigenvalue weighted by Crippen LogP contribution is 2.17. The number of hydrogen-bond donors (Lipinski definition) is 2. The first-order valence-electron chi connectivity index (χ1n) is 3.81. The van der Waals surface area contributed by atoms with Gasteiger partial charge in [0.15, 0.2) is 0 Å². The number of rotatable bonds is 2. The van der Waals surface area contributed by atoms with Crippen LogP contribution < -0.4 is 11.1 Å². The van der Waals surface area contributed by atoms with Crippen molar-refractivity contribution in [2.75, 3.05) is 11.1 Å². The Labute approximate surface area is 91.7 Å². The van der Waals surface area contributed by atoms with Gasteiger partial charge in [-0.15, -0.1) is 24.8 Å². The lowest BCUT2D eigenvalue weighted by atomic mass is 10.2. The molecule has 0 saturated heterocycles. The summed E-state index contributed by atoms with van der Waals surface area (Å²) in [6.45, 7) is 4.18. The van der Waals surface area contributed by atoms with Gasteiger partial charge in [-0.2, -0.15) is 0 Å². The molecule has 0 aliphatic carbocycles. The molecule has 3 N–H and O–H groups in total. The number of halogens is 2. The van der Waals surface area contributed by atoms with E-state index in [1.54, 1.807) is 0 Å². The molecule has 13 heavy (non-hydrogen) atoms. The van der Waals surface area contributed by atoms with Gasteiger partial charge in [0.1, 0.15) is 0 Å². The van der Waals surface area contributed by atoms with Crippen LogP contribution >= 0.6 is 24.8 Å². The molecule has 0 heterocycles. The Hall–Kier alpha value is -0.600. The Morgan fingerprint density at radius 1 is 1.15 bits per heavy atom. The number of nitrogens with two attached hydrogens (primary N) is 1. The molecule has 0 saturated carbocycles. The van der Waals surface area contributed by atoms with Gasteiger partial charge in [-0.25, -0.2) is 0 Å². The van der Waals surface area contributed by atoms with E-state index in [0.717, 1.165) is 11.4 Å². The van der Waals surface area contributed by atoms with Crippen LogP contribution in [-0.2, 0) is 0 Å². The SMILES string of the molecule is CC(C)Nc1ccccc1N.Cl.Cl. The molecule has 1 aromatic rings. The van der Waals surface area contributed by atoms with E-state index >= 15 is 0 Å². The quantitative estimate of drug-likeness (QED) is 0.756. The van der Waals surface area contributed by atoms with Crippen molar-refractivity contribution in [3.05, 3.63) is 24.3 Å². The number of hydrogen-bond acceptors (Lipinski definition) is 2. The van der Waals surface area contributed by atoms with Crippen LogP contribution in [0.25, 0.3) is 0 Å². The van der Waals surface area contributed by atoms with Crippen molar-refractivity contribution < 1.29 is 0 Å². The van der Waals surface area contributed by atoms with E-state index in [9.17, 15) is 0 Å². The van der Waals surface area contributed by atoms with Gasteiger partial charge in [0, 0.05) is 6.04 Å². The second-order valence-corrected chi connectivity index (χ2v) is 2.89. The van der Waals surface area contributed by atoms with Crippen LogP contribution in [0.2, 0.25) is 0 Å². The predicted molar refractivity (Wildman–Crippen MR) is 64.1 cm³/mol. The average molecular weight is 223 g/mol. The van der Waals surface area contributed by atoms with Gasteiger partial charge in [-0.05, 0) is 26.0 Å². The molecule has 1 rings (SSSR count).